The Morgan fingerprint density at radius 3 is 2.41 bits per heavy atom. The molecule has 0 spiro atoms. The van der Waals surface area contributed by atoms with Crippen LogP contribution in [-0.4, -0.2) is 38.2 Å². The zero-order valence-electron chi connectivity index (χ0n) is 23.3. The molecule has 0 saturated carbocycles. The number of carbonyl (C=O) groups excluding carboxylic acids is 1. The van der Waals surface area contributed by atoms with Crippen molar-refractivity contribution in [2.45, 2.75) is 59.6 Å². The third-order valence-corrected chi connectivity index (χ3v) is 6.13. The number of hydrogen-bond acceptors (Lipinski definition) is 5. The molecule has 0 bridgehead atoms. The van der Waals surface area contributed by atoms with Crippen LogP contribution >= 0.6 is 0 Å². The Morgan fingerprint density at radius 2 is 1.79 bits per heavy atom. The Kier molecular flexibility index (Phi) is 10.4. The molecular formula is C32H38N4O3. The second-order valence-electron chi connectivity index (χ2n) is 10.5. The lowest BCUT2D eigenvalue weighted by atomic mass is 10.0. The van der Waals surface area contributed by atoms with E-state index in [2.05, 4.69) is 32.2 Å². The van der Waals surface area contributed by atoms with Crippen molar-refractivity contribution in [3.05, 3.63) is 94.8 Å². The molecule has 1 amide bonds. The Morgan fingerprint density at radius 1 is 1.10 bits per heavy atom. The van der Waals surface area contributed by atoms with Crippen LogP contribution in [0.15, 0.2) is 67.0 Å². The van der Waals surface area contributed by atoms with Crippen LogP contribution < -0.4 is 5.32 Å². The van der Waals surface area contributed by atoms with Gasteiger partial charge in [-0.1, -0.05) is 57.2 Å². The van der Waals surface area contributed by atoms with Crippen LogP contribution in [0.3, 0.4) is 0 Å². The lowest BCUT2D eigenvalue weighted by Gasteiger charge is -2.18. The Labute approximate surface area is 230 Å². The fourth-order valence-corrected chi connectivity index (χ4v) is 4.13. The van der Waals surface area contributed by atoms with Gasteiger partial charge in [-0.3, -0.25) is 4.79 Å². The first kappa shape index (κ1) is 29.6. The second kappa shape index (κ2) is 13.7. The Bertz CT molecular complexity index is 1430. The molecule has 0 fully saturated rings. The minimum atomic E-state index is -0.610. The Balaban J connectivity index is 0.000000983. The van der Waals surface area contributed by atoms with Crippen molar-refractivity contribution in [3.8, 4) is 17.3 Å². The van der Waals surface area contributed by atoms with Gasteiger partial charge in [-0.05, 0) is 61.9 Å². The highest BCUT2D eigenvalue weighted by Crippen LogP contribution is 2.24. The molecule has 7 heteroatoms. The molecule has 0 saturated heterocycles. The van der Waals surface area contributed by atoms with Crippen LogP contribution in [0.5, 0.6) is 0 Å². The summed E-state index contributed by atoms with van der Waals surface area (Å²) in [5.74, 6) is 0.565. The fraction of sp³-hybridized carbons (Fsp3) is 0.344. The van der Waals surface area contributed by atoms with E-state index in [1.165, 1.54) is 0 Å². The van der Waals surface area contributed by atoms with Gasteiger partial charge in [-0.2, -0.15) is 5.26 Å². The van der Waals surface area contributed by atoms with E-state index in [-0.39, 0.29) is 18.6 Å². The van der Waals surface area contributed by atoms with E-state index in [1.807, 2.05) is 60.1 Å². The van der Waals surface area contributed by atoms with Crippen LogP contribution in [0.25, 0.3) is 16.9 Å². The van der Waals surface area contributed by atoms with Gasteiger partial charge in [-0.15, -0.1) is 0 Å². The molecule has 39 heavy (non-hydrogen) atoms. The number of nitriles is 1. The summed E-state index contributed by atoms with van der Waals surface area (Å²) in [6.07, 6.45) is 4.20. The number of imidazole rings is 1. The van der Waals surface area contributed by atoms with Crippen molar-refractivity contribution in [1.82, 2.24) is 14.7 Å². The van der Waals surface area contributed by atoms with Gasteiger partial charge in [0.2, 0.25) is 0 Å². The minimum Gasteiger partial charge on any atom is -0.396 e. The number of carbonyl (C=O) groups is 1. The summed E-state index contributed by atoms with van der Waals surface area (Å²) in [6.45, 7) is 10.0. The summed E-state index contributed by atoms with van der Waals surface area (Å²) in [5.41, 5.74) is 5.98. The average Bonchev–Trinajstić information content (AvgIpc) is 3.33. The topological polar surface area (TPSA) is 111 Å². The molecule has 0 aliphatic heterocycles. The van der Waals surface area contributed by atoms with Gasteiger partial charge in [0.05, 0.1) is 23.4 Å². The molecule has 7 nitrogen and oxygen atoms in total. The number of aliphatic hydroxyl groups excluding tert-OH is 2. The molecule has 2 aromatic heterocycles. The number of benzene rings is 2. The summed E-state index contributed by atoms with van der Waals surface area (Å²) < 4.78 is 1.90. The zero-order chi connectivity index (χ0) is 28.5. The molecule has 1 unspecified atom stereocenters. The normalized spacial score (nSPS) is 12.4. The number of fused-ring (bicyclic) bond motifs is 1. The standard InChI is InChI=1S/C28H28N4O3.C4H10/c1-18-5-8-22(15-23(18)16-29)28(35)30-24(11-13-33)14-20-6-9-21(10-7-20)26-17-32-12-3-4-25(19(2)34)27(32)31-26;1-4(2)3/h3-10,12,15,17,19,24,33-34H,11,13-14H2,1-2H3,(H,30,35);4H,1-3H3/t19?,24-;/m1./s1. The van der Waals surface area contributed by atoms with Crippen LogP contribution in [0.2, 0.25) is 0 Å². The lowest BCUT2D eigenvalue weighted by Crippen LogP contribution is -2.37. The molecular weight excluding hydrogens is 488 g/mol. The minimum absolute atomic E-state index is 0.0484. The molecule has 2 heterocycles. The third kappa shape index (κ3) is 8.00. The van der Waals surface area contributed by atoms with Crippen LogP contribution in [-0.2, 0) is 6.42 Å². The van der Waals surface area contributed by atoms with Gasteiger partial charge in [0.25, 0.3) is 5.91 Å². The lowest BCUT2D eigenvalue weighted by molar-refractivity contribution is 0.0930. The molecule has 0 radical (unpaired) electrons. The summed E-state index contributed by atoms with van der Waals surface area (Å²) in [5, 5.41) is 31.8. The van der Waals surface area contributed by atoms with Gasteiger partial charge >= 0.3 is 0 Å². The maximum Gasteiger partial charge on any atom is 0.251 e. The number of pyridine rings is 1. The van der Waals surface area contributed by atoms with Crippen molar-refractivity contribution >= 4 is 11.6 Å². The second-order valence-corrected chi connectivity index (χ2v) is 10.5. The number of amides is 1. The van der Waals surface area contributed by atoms with Crippen LogP contribution in [0.4, 0.5) is 0 Å². The number of nitrogens with zero attached hydrogens (tertiary/aromatic N) is 3. The molecule has 204 valence electrons. The number of aromatic nitrogens is 2. The van der Waals surface area contributed by atoms with E-state index in [4.69, 9.17) is 4.98 Å². The maximum atomic E-state index is 12.8. The summed E-state index contributed by atoms with van der Waals surface area (Å²) in [7, 11) is 0. The van der Waals surface area contributed by atoms with Gasteiger partial charge in [-0.25, -0.2) is 4.98 Å². The third-order valence-electron chi connectivity index (χ3n) is 6.13. The van der Waals surface area contributed by atoms with Crippen LogP contribution in [0.1, 0.15) is 72.8 Å². The van der Waals surface area contributed by atoms with Crippen molar-refractivity contribution in [2.75, 3.05) is 6.61 Å². The highest BCUT2D eigenvalue weighted by Gasteiger charge is 2.16. The molecule has 2 aromatic carbocycles. The quantitative estimate of drug-likeness (QED) is 0.276. The molecule has 4 rings (SSSR count). The summed E-state index contributed by atoms with van der Waals surface area (Å²) in [6, 6.07) is 18.6. The highest BCUT2D eigenvalue weighted by molar-refractivity contribution is 5.94. The van der Waals surface area contributed by atoms with Crippen molar-refractivity contribution in [3.63, 3.8) is 0 Å². The van der Waals surface area contributed by atoms with Gasteiger partial charge in [0.15, 0.2) is 0 Å². The van der Waals surface area contributed by atoms with E-state index in [0.29, 0.717) is 24.0 Å². The van der Waals surface area contributed by atoms with E-state index in [0.717, 1.165) is 39.5 Å². The Hall–Kier alpha value is -3.99. The number of aliphatic hydroxyl groups is 2. The van der Waals surface area contributed by atoms with Crippen molar-refractivity contribution in [2.24, 2.45) is 5.92 Å². The molecule has 0 aliphatic carbocycles. The monoisotopic (exact) mass is 526 g/mol. The fourth-order valence-electron chi connectivity index (χ4n) is 4.13. The van der Waals surface area contributed by atoms with E-state index >= 15 is 0 Å². The largest absolute Gasteiger partial charge is 0.396 e. The van der Waals surface area contributed by atoms with Gasteiger partial charge < -0.3 is 19.9 Å². The number of aryl methyl sites for hydroxylation is 1. The smallest absolute Gasteiger partial charge is 0.251 e. The summed E-state index contributed by atoms with van der Waals surface area (Å²) in [4.78, 5) is 17.5. The van der Waals surface area contributed by atoms with E-state index in [1.54, 1.807) is 25.1 Å². The first-order valence-electron chi connectivity index (χ1n) is 13.3. The van der Waals surface area contributed by atoms with Gasteiger partial charge in [0, 0.05) is 41.7 Å². The predicted molar refractivity (Wildman–Crippen MR) is 154 cm³/mol. The number of hydrogen-bond donors (Lipinski definition) is 3. The van der Waals surface area contributed by atoms with E-state index in [9.17, 15) is 20.3 Å². The maximum absolute atomic E-state index is 12.8. The summed E-state index contributed by atoms with van der Waals surface area (Å²) >= 11 is 0. The van der Waals surface area contributed by atoms with Crippen molar-refractivity contribution < 1.29 is 15.0 Å². The number of nitrogens with one attached hydrogen (secondary N) is 1. The first-order chi connectivity index (χ1) is 18.6. The SMILES string of the molecule is CC(C)C.Cc1ccc(C(=O)N[C@H](CCO)Cc2ccc(-c3cn4cccc(C(C)O)c4n3)cc2)cc1C#N. The van der Waals surface area contributed by atoms with E-state index < -0.39 is 6.10 Å². The van der Waals surface area contributed by atoms with Gasteiger partial charge in [0.1, 0.15) is 5.65 Å². The molecule has 2 atom stereocenters. The van der Waals surface area contributed by atoms with Crippen molar-refractivity contribution in [1.29, 1.82) is 5.26 Å². The number of rotatable bonds is 8. The molecule has 4 aromatic rings. The first-order valence-corrected chi connectivity index (χ1v) is 13.3. The highest BCUT2D eigenvalue weighted by atomic mass is 16.3. The zero-order valence-corrected chi connectivity index (χ0v) is 23.3. The average molecular weight is 527 g/mol. The van der Waals surface area contributed by atoms with Crippen LogP contribution in [0, 0.1) is 24.2 Å². The predicted octanol–water partition coefficient (Wildman–Crippen LogP) is 5.62. The molecule has 0 aliphatic rings. The molecule has 3 N–H and O–H groups in total.